The van der Waals surface area contributed by atoms with Crippen LogP contribution in [0.25, 0.3) is 10.6 Å². The molecule has 1 unspecified atom stereocenters. The topological polar surface area (TPSA) is 56.2 Å². The van der Waals surface area contributed by atoms with Crippen LogP contribution >= 0.6 is 22.9 Å². The van der Waals surface area contributed by atoms with Crippen LogP contribution in [-0.4, -0.2) is 34.9 Å². The molecule has 0 spiro atoms. The van der Waals surface area contributed by atoms with E-state index in [1.54, 1.807) is 10.7 Å². The Hall–Kier alpha value is -1.37. The van der Waals surface area contributed by atoms with Crippen molar-refractivity contribution in [3.05, 3.63) is 28.2 Å². The highest BCUT2D eigenvalue weighted by molar-refractivity contribution is 7.19. The van der Waals surface area contributed by atoms with E-state index in [4.69, 9.17) is 16.3 Å². The predicted octanol–water partition coefficient (Wildman–Crippen LogP) is 2.71. The van der Waals surface area contributed by atoms with Gasteiger partial charge in [0, 0.05) is 20.2 Å². The SMILES string of the molecule is Cn1nc(C(=O)NCC2CCCO2)cc1-c1ccc(Cl)s1. The zero-order valence-electron chi connectivity index (χ0n) is 11.6. The lowest BCUT2D eigenvalue weighted by Crippen LogP contribution is -2.32. The number of ether oxygens (including phenoxy) is 1. The van der Waals surface area contributed by atoms with Crippen molar-refractivity contribution >= 4 is 28.8 Å². The van der Waals surface area contributed by atoms with Crippen molar-refractivity contribution in [1.82, 2.24) is 15.1 Å². The van der Waals surface area contributed by atoms with Crippen LogP contribution in [-0.2, 0) is 11.8 Å². The van der Waals surface area contributed by atoms with Gasteiger partial charge in [0.05, 0.1) is 21.0 Å². The minimum absolute atomic E-state index is 0.133. The molecule has 0 saturated carbocycles. The van der Waals surface area contributed by atoms with Crippen LogP contribution in [0.15, 0.2) is 18.2 Å². The van der Waals surface area contributed by atoms with E-state index in [0.29, 0.717) is 12.2 Å². The molecule has 0 aliphatic carbocycles. The van der Waals surface area contributed by atoms with Crippen molar-refractivity contribution in [3.63, 3.8) is 0 Å². The minimum Gasteiger partial charge on any atom is -0.376 e. The summed E-state index contributed by atoms with van der Waals surface area (Å²) in [7, 11) is 1.82. The summed E-state index contributed by atoms with van der Waals surface area (Å²) in [5, 5.41) is 7.14. The van der Waals surface area contributed by atoms with Gasteiger partial charge in [-0.25, -0.2) is 0 Å². The number of aromatic nitrogens is 2. The second-order valence-corrected chi connectivity index (χ2v) is 6.70. The summed E-state index contributed by atoms with van der Waals surface area (Å²) in [4.78, 5) is 13.1. The van der Waals surface area contributed by atoms with Crippen LogP contribution < -0.4 is 5.32 Å². The number of hydrogen-bond donors (Lipinski definition) is 1. The molecule has 112 valence electrons. The summed E-state index contributed by atoms with van der Waals surface area (Å²) in [5.74, 6) is -0.171. The largest absolute Gasteiger partial charge is 0.376 e. The fraction of sp³-hybridized carbons (Fsp3) is 0.429. The zero-order chi connectivity index (χ0) is 14.8. The molecule has 0 aromatic carbocycles. The lowest BCUT2D eigenvalue weighted by Gasteiger charge is -2.09. The Kier molecular flexibility index (Phi) is 4.28. The Labute approximate surface area is 131 Å². The summed E-state index contributed by atoms with van der Waals surface area (Å²) in [6.45, 7) is 1.32. The first-order valence-corrected chi connectivity index (χ1v) is 8.02. The summed E-state index contributed by atoms with van der Waals surface area (Å²) in [5.41, 5.74) is 1.30. The second kappa shape index (κ2) is 6.17. The van der Waals surface area contributed by atoms with E-state index in [2.05, 4.69) is 10.4 Å². The van der Waals surface area contributed by atoms with Crippen LogP contribution in [0.5, 0.6) is 0 Å². The minimum atomic E-state index is -0.171. The van der Waals surface area contributed by atoms with Gasteiger partial charge in [-0.15, -0.1) is 11.3 Å². The summed E-state index contributed by atoms with van der Waals surface area (Å²) < 4.78 is 7.90. The molecule has 0 bridgehead atoms. The third kappa shape index (κ3) is 3.28. The van der Waals surface area contributed by atoms with Crippen LogP contribution in [0, 0.1) is 0 Å². The van der Waals surface area contributed by atoms with Gasteiger partial charge >= 0.3 is 0 Å². The molecule has 2 aromatic heterocycles. The van der Waals surface area contributed by atoms with Crippen molar-refractivity contribution in [1.29, 1.82) is 0 Å². The van der Waals surface area contributed by atoms with Crippen molar-refractivity contribution in [2.45, 2.75) is 18.9 Å². The van der Waals surface area contributed by atoms with E-state index in [9.17, 15) is 4.79 Å². The first-order chi connectivity index (χ1) is 10.1. The normalized spacial score (nSPS) is 18.1. The number of halogens is 1. The number of nitrogens with one attached hydrogen (secondary N) is 1. The number of carbonyl (C=O) groups is 1. The molecule has 1 aliphatic rings. The van der Waals surface area contributed by atoms with Crippen LogP contribution in [0.2, 0.25) is 4.34 Å². The molecule has 1 aliphatic heterocycles. The highest BCUT2D eigenvalue weighted by Crippen LogP contribution is 2.31. The molecule has 21 heavy (non-hydrogen) atoms. The molecule has 7 heteroatoms. The van der Waals surface area contributed by atoms with E-state index >= 15 is 0 Å². The number of aryl methyl sites for hydroxylation is 1. The Morgan fingerprint density at radius 2 is 2.48 bits per heavy atom. The lowest BCUT2D eigenvalue weighted by molar-refractivity contribution is 0.0853. The van der Waals surface area contributed by atoms with Crippen molar-refractivity contribution in [2.75, 3.05) is 13.2 Å². The zero-order valence-corrected chi connectivity index (χ0v) is 13.2. The van der Waals surface area contributed by atoms with E-state index in [1.165, 1.54) is 11.3 Å². The van der Waals surface area contributed by atoms with Gasteiger partial charge in [0.25, 0.3) is 5.91 Å². The van der Waals surface area contributed by atoms with Gasteiger partial charge in [0.2, 0.25) is 0 Å². The number of hydrogen-bond acceptors (Lipinski definition) is 4. The predicted molar refractivity (Wildman–Crippen MR) is 82.8 cm³/mol. The van der Waals surface area contributed by atoms with Gasteiger partial charge < -0.3 is 10.1 Å². The highest BCUT2D eigenvalue weighted by atomic mass is 35.5. The average molecular weight is 326 g/mol. The third-order valence-corrected chi connectivity index (χ3v) is 4.71. The van der Waals surface area contributed by atoms with Crippen molar-refractivity contribution in [2.24, 2.45) is 7.05 Å². The molecule has 5 nitrogen and oxygen atoms in total. The molecule has 0 radical (unpaired) electrons. The first kappa shape index (κ1) is 14.6. The molecule has 1 amide bonds. The van der Waals surface area contributed by atoms with Crippen LogP contribution in [0.3, 0.4) is 0 Å². The fourth-order valence-corrected chi connectivity index (χ4v) is 3.45. The fourth-order valence-electron chi connectivity index (χ4n) is 2.36. The maximum atomic E-state index is 12.1. The van der Waals surface area contributed by atoms with Gasteiger partial charge in [-0.3, -0.25) is 9.48 Å². The molecular formula is C14H16ClN3O2S. The van der Waals surface area contributed by atoms with Gasteiger partial charge in [0.15, 0.2) is 5.69 Å². The molecule has 3 rings (SSSR count). The maximum Gasteiger partial charge on any atom is 0.271 e. The summed E-state index contributed by atoms with van der Waals surface area (Å²) in [6, 6.07) is 5.55. The molecule has 3 heterocycles. The maximum absolute atomic E-state index is 12.1. The van der Waals surface area contributed by atoms with Gasteiger partial charge in [0.1, 0.15) is 0 Å². The lowest BCUT2D eigenvalue weighted by atomic mass is 10.2. The van der Waals surface area contributed by atoms with Crippen LogP contribution in [0.1, 0.15) is 23.3 Å². The standard InChI is InChI=1S/C14H16ClN3O2S/c1-18-11(12-4-5-13(15)21-12)7-10(17-18)14(19)16-8-9-3-2-6-20-9/h4-5,7,9H,2-3,6,8H2,1H3,(H,16,19). The van der Waals surface area contributed by atoms with E-state index in [-0.39, 0.29) is 12.0 Å². The van der Waals surface area contributed by atoms with E-state index < -0.39 is 0 Å². The van der Waals surface area contributed by atoms with Gasteiger partial charge in [-0.2, -0.15) is 5.10 Å². The molecule has 1 atom stereocenters. The number of nitrogens with zero attached hydrogens (tertiary/aromatic N) is 2. The monoisotopic (exact) mass is 325 g/mol. The van der Waals surface area contributed by atoms with E-state index in [0.717, 1.165) is 34.4 Å². The summed E-state index contributed by atoms with van der Waals surface area (Å²) >= 11 is 7.42. The Balaban J connectivity index is 1.69. The first-order valence-electron chi connectivity index (χ1n) is 6.83. The molecular weight excluding hydrogens is 310 g/mol. The number of amides is 1. The number of rotatable bonds is 4. The Morgan fingerprint density at radius 3 is 3.14 bits per heavy atom. The molecule has 2 aromatic rings. The number of thiophene rings is 1. The average Bonchev–Trinajstić information content (AvgIpc) is 3.17. The van der Waals surface area contributed by atoms with Gasteiger partial charge in [-0.05, 0) is 31.0 Å². The van der Waals surface area contributed by atoms with Crippen molar-refractivity contribution in [3.8, 4) is 10.6 Å². The number of carbonyl (C=O) groups excluding carboxylic acids is 1. The molecule has 1 N–H and O–H groups in total. The molecule has 1 saturated heterocycles. The molecule has 1 fully saturated rings. The highest BCUT2D eigenvalue weighted by Gasteiger charge is 2.19. The van der Waals surface area contributed by atoms with E-state index in [1.807, 2.05) is 19.2 Å². The quantitative estimate of drug-likeness (QED) is 0.940. The Bertz CT molecular complexity index is 646. The second-order valence-electron chi connectivity index (χ2n) is 4.99. The Morgan fingerprint density at radius 1 is 1.62 bits per heavy atom. The summed E-state index contributed by atoms with van der Waals surface area (Å²) in [6.07, 6.45) is 2.20. The third-order valence-electron chi connectivity index (χ3n) is 3.45. The van der Waals surface area contributed by atoms with Crippen LogP contribution in [0.4, 0.5) is 0 Å². The van der Waals surface area contributed by atoms with Crippen molar-refractivity contribution < 1.29 is 9.53 Å². The smallest absolute Gasteiger partial charge is 0.271 e. The van der Waals surface area contributed by atoms with Gasteiger partial charge in [-0.1, -0.05) is 11.6 Å².